The summed E-state index contributed by atoms with van der Waals surface area (Å²) in [7, 11) is 0. The summed E-state index contributed by atoms with van der Waals surface area (Å²) in [5.74, 6) is 1.02. The predicted molar refractivity (Wildman–Crippen MR) is 136 cm³/mol. The van der Waals surface area contributed by atoms with Gasteiger partial charge in [-0.1, -0.05) is 50.2 Å². The first-order valence-electron chi connectivity index (χ1n) is 12.4. The van der Waals surface area contributed by atoms with Gasteiger partial charge in [-0.25, -0.2) is 4.98 Å². The van der Waals surface area contributed by atoms with E-state index < -0.39 is 5.54 Å². The number of H-pyrrole nitrogens is 1. The highest BCUT2D eigenvalue weighted by atomic mass is 16.5. The number of pyridine rings is 1. The van der Waals surface area contributed by atoms with Crippen molar-refractivity contribution >= 4 is 22.8 Å². The second kappa shape index (κ2) is 8.41. The molecular formula is C26H30N8O2. The Morgan fingerprint density at radius 2 is 1.97 bits per heavy atom. The first kappa shape index (κ1) is 22.7. The second-order valence-corrected chi connectivity index (χ2v) is 10.8. The third-order valence-electron chi connectivity index (χ3n) is 6.98. The molecule has 10 heteroatoms. The molecule has 186 valence electrons. The summed E-state index contributed by atoms with van der Waals surface area (Å²) in [6, 6.07) is 10.7. The molecule has 3 aromatic heterocycles. The minimum atomic E-state index is -0.399. The van der Waals surface area contributed by atoms with E-state index in [1.165, 1.54) is 0 Å². The predicted octanol–water partition coefficient (Wildman–Crippen LogP) is 3.50. The lowest BCUT2D eigenvalue weighted by Crippen LogP contribution is -2.35. The largest absolute Gasteiger partial charge is 0.364 e. The number of carbonyl (C=O) groups excluding carboxylic acids is 1. The zero-order valence-corrected chi connectivity index (χ0v) is 20.7. The van der Waals surface area contributed by atoms with Gasteiger partial charge in [-0.2, -0.15) is 10.1 Å². The van der Waals surface area contributed by atoms with Crippen molar-refractivity contribution in [2.75, 3.05) is 18.4 Å². The Balaban J connectivity index is 1.24. The van der Waals surface area contributed by atoms with Crippen molar-refractivity contribution in [1.82, 2.24) is 36.0 Å². The standard InChI is InChI=1S/C26H30N8O2/c1-25(2,3)24-30-22(34-36-24)23(35)31-26(10-11-26)16-6-4-15(5-7-16)18-9-13-28-20-19(18)21(33-32-20)29-17-8-12-27-14-17/h4-7,9,13,17,27H,8,10-12,14H2,1-3H3,(H,31,35)(H2,28,29,32,33)/t17-/m1/s1. The Hall–Kier alpha value is -3.79. The molecule has 1 aliphatic carbocycles. The van der Waals surface area contributed by atoms with Crippen LogP contribution < -0.4 is 16.0 Å². The fourth-order valence-corrected chi connectivity index (χ4v) is 4.74. The molecule has 10 nitrogen and oxygen atoms in total. The fraction of sp³-hybridized carbons (Fsp3) is 0.423. The molecule has 1 saturated carbocycles. The molecule has 6 rings (SSSR count). The van der Waals surface area contributed by atoms with Crippen LogP contribution in [0.3, 0.4) is 0 Å². The molecule has 1 aromatic carbocycles. The third-order valence-corrected chi connectivity index (χ3v) is 6.98. The van der Waals surface area contributed by atoms with Gasteiger partial charge in [-0.05, 0) is 48.6 Å². The molecule has 0 radical (unpaired) electrons. The molecule has 1 saturated heterocycles. The van der Waals surface area contributed by atoms with Crippen molar-refractivity contribution in [2.45, 2.75) is 57.0 Å². The van der Waals surface area contributed by atoms with Crippen molar-refractivity contribution in [2.24, 2.45) is 0 Å². The van der Waals surface area contributed by atoms with Gasteiger partial charge in [-0.3, -0.25) is 9.89 Å². The first-order chi connectivity index (χ1) is 17.3. The highest BCUT2D eigenvalue weighted by Gasteiger charge is 2.46. The average Bonchev–Trinajstić information content (AvgIpc) is 3.28. The normalized spacial score (nSPS) is 18.9. The number of anilines is 1. The first-order valence-corrected chi connectivity index (χ1v) is 12.4. The molecule has 1 aliphatic heterocycles. The molecule has 0 spiro atoms. The minimum absolute atomic E-state index is 0.0689. The van der Waals surface area contributed by atoms with Crippen molar-refractivity contribution < 1.29 is 9.32 Å². The zero-order valence-electron chi connectivity index (χ0n) is 20.7. The van der Waals surface area contributed by atoms with Crippen LogP contribution in [0.5, 0.6) is 0 Å². The van der Waals surface area contributed by atoms with E-state index >= 15 is 0 Å². The smallest absolute Gasteiger partial charge is 0.293 e. The molecule has 1 amide bonds. The summed E-state index contributed by atoms with van der Waals surface area (Å²) in [4.78, 5) is 21.6. The van der Waals surface area contributed by atoms with E-state index in [-0.39, 0.29) is 17.1 Å². The Morgan fingerprint density at radius 1 is 1.17 bits per heavy atom. The van der Waals surface area contributed by atoms with Gasteiger partial charge in [0.25, 0.3) is 11.7 Å². The number of carbonyl (C=O) groups is 1. The third kappa shape index (κ3) is 4.11. The molecule has 0 bridgehead atoms. The van der Waals surface area contributed by atoms with Crippen LogP contribution in [0.4, 0.5) is 5.82 Å². The van der Waals surface area contributed by atoms with Gasteiger partial charge in [0.15, 0.2) is 11.5 Å². The van der Waals surface area contributed by atoms with Crippen LogP contribution in [0.25, 0.3) is 22.2 Å². The number of amides is 1. The SMILES string of the molecule is CC(C)(C)c1nc(C(=O)NC2(c3ccc(-c4ccnc5[nH]nc(N[C@@H]6CCNC6)c45)cc3)CC2)no1. The molecule has 0 unspecified atom stereocenters. The number of benzene rings is 1. The summed E-state index contributed by atoms with van der Waals surface area (Å²) in [6.45, 7) is 7.84. The van der Waals surface area contributed by atoms with E-state index in [1.807, 2.05) is 26.8 Å². The maximum Gasteiger partial charge on any atom is 0.293 e. The van der Waals surface area contributed by atoms with Gasteiger partial charge in [0.05, 0.1) is 10.9 Å². The van der Waals surface area contributed by atoms with Crippen LogP contribution in [0.1, 0.15) is 62.1 Å². The maximum absolute atomic E-state index is 12.9. The lowest BCUT2D eigenvalue weighted by atomic mass is 9.97. The topological polar surface area (TPSA) is 134 Å². The number of nitrogens with one attached hydrogen (secondary N) is 4. The van der Waals surface area contributed by atoms with Crippen LogP contribution in [-0.4, -0.2) is 50.4 Å². The zero-order chi connectivity index (χ0) is 24.9. The van der Waals surface area contributed by atoms with Gasteiger partial charge in [-0.15, -0.1) is 0 Å². The van der Waals surface area contributed by atoms with Crippen molar-refractivity contribution in [3.05, 3.63) is 53.8 Å². The Kier molecular flexibility index (Phi) is 5.29. The number of aromatic amines is 1. The van der Waals surface area contributed by atoms with Crippen LogP contribution in [0, 0.1) is 0 Å². The molecule has 36 heavy (non-hydrogen) atoms. The van der Waals surface area contributed by atoms with E-state index in [4.69, 9.17) is 4.52 Å². The number of nitrogens with zero attached hydrogens (tertiary/aromatic N) is 4. The Morgan fingerprint density at radius 3 is 2.64 bits per heavy atom. The molecule has 2 aliphatic rings. The van der Waals surface area contributed by atoms with Gasteiger partial charge < -0.3 is 20.5 Å². The van der Waals surface area contributed by atoms with E-state index in [1.54, 1.807) is 6.20 Å². The number of hydrogen-bond donors (Lipinski definition) is 4. The lowest BCUT2D eigenvalue weighted by molar-refractivity contribution is 0.0917. The van der Waals surface area contributed by atoms with Crippen molar-refractivity contribution in [3.63, 3.8) is 0 Å². The molecule has 1 atom stereocenters. The molecule has 2 fully saturated rings. The van der Waals surface area contributed by atoms with E-state index in [0.29, 0.717) is 11.9 Å². The lowest BCUT2D eigenvalue weighted by Gasteiger charge is -2.18. The quantitative estimate of drug-likeness (QED) is 0.325. The highest BCUT2D eigenvalue weighted by Crippen LogP contribution is 2.46. The second-order valence-electron chi connectivity index (χ2n) is 10.8. The molecule has 4 heterocycles. The summed E-state index contributed by atoms with van der Waals surface area (Å²) in [6.07, 6.45) is 4.59. The van der Waals surface area contributed by atoms with E-state index in [0.717, 1.165) is 65.9 Å². The fourth-order valence-electron chi connectivity index (χ4n) is 4.74. The Labute approximate surface area is 208 Å². The van der Waals surface area contributed by atoms with Crippen LogP contribution >= 0.6 is 0 Å². The van der Waals surface area contributed by atoms with Gasteiger partial charge in [0, 0.05) is 24.2 Å². The number of hydrogen-bond acceptors (Lipinski definition) is 8. The monoisotopic (exact) mass is 486 g/mol. The maximum atomic E-state index is 12.9. The summed E-state index contributed by atoms with van der Waals surface area (Å²) >= 11 is 0. The van der Waals surface area contributed by atoms with Crippen LogP contribution in [-0.2, 0) is 11.0 Å². The van der Waals surface area contributed by atoms with Crippen LogP contribution in [0.2, 0.25) is 0 Å². The summed E-state index contributed by atoms with van der Waals surface area (Å²) < 4.78 is 5.29. The molecule has 4 N–H and O–H groups in total. The molecular weight excluding hydrogens is 456 g/mol. The minimum Gasteiger partial charge on any atom is -0.364 e. The van der Waals surface area contributed by atoms with E-state index in [9.17, 15) is 4.79 Å². The average molecular weight is 487 g/mol. The van der Waals surface area contributed by atoms with Gasteiger partial charge >= 0.3 is 0 Å². The van der Waals surface area contributed by atoms with Crippen molar-refractivity contribution in [3.8, 4) is 11.1 Å². The number of fused-ring (bicyclic) bond motifs is 1. The van der Waals surface area contributed by atoms with Gasteiger partial charge in [0.1, 0.15) is 0 Å². The molecule has 4 aromatic rings. The Bertz CT molecular complexity index is 1410. The summed E-state index contributed by atoms with van der Waals surface area (Å²) in [5.41, 5.74) is 3.23. The number of rotatable bonds is 6. The van der Waals surface area contributed by atoms with Crippen molar-refractivity contribution in [1.29, 1.82) is 0 Å². The van der Waals surface area contributed by atoms with Gasteiger partial charge in [0.2, 0.25) is 5.89 Å². The summed E-state index contributed by atoms with van der Waals surface area (Å²) in [5, 5.41) is 22.5. The number of aromatic nitrogens is 5. The highest BCUT2D eigenvalue weighted by molar-refractivity contribution is 6.00. The van der Waals surface area contributed by atoms with E-state index in [2.05, 4.69) is 65.5 Å². The van der Waals surface area contributed by atoms with Crippen LogP contribution in [0.15, 0.2) is 41.1 Å².